The number of aromatic nitrogens is 2. The zero-order valence-corrected chi connectivity index (χ0v) is 11.1. The fourth-order valence-electron chi connectivity index (χ4n) is 2.01. The quantitative estimate of drug-likeness (QED) is 0.694. The Balaban J connectivity index is 1.80. The second-order valence-corrected chi connectivity index (χ2v) is 4.86. The number of benzene rings is 2. The number of halogens is 1. The average Bonchev–Trinajstić information content (AvgIpc) is 2.91. The second-order valence-electron chi connectivity index (χ2n) is 4.42. The lowest BCUT2D eigenvalue weighted by Gasteiger charge is -2.02. The van der Waals surface area contributed by atoms with Crippen molar-refractivity contribution in [2.45, 2.75) is 6.54 Å². The summed E-state index contributed by atoms with van der Waals surface area (Å²) in [6, 6.07) is 18.1. The van der Waals surface area contributed by atoms with Gasteiger partial charge in [0.15, 0.2) is 0 Å². The topological polar surface area (TPSA) is 17.8 Å². The molecule has 0 aliphatic heterocycles. The second kappa shape index (κ2) is 5.29. The Kier molecular flexibility index (Phi) is 3.34. The van der Waals surface area contributed by atoms with Crippen LogP contribution in [0.1, 0.15) is 5.56 Å². The van der Waals surface area contributed by atoms with Gasteiger partial charge in [0.25, 0.3) is 0 Å². The van der Waals surface area contributed by atoms with Crippen LogP contribution < -0.4 is 0 Å². The Labute approximate surface area is 117 Å². The maximum Gasteiger partial charge on any atom is 0.0956 e. The maximum absolute atomic E-state index is 5.88. The molecule has 0 saturated carbocycles. The number of hydrogen-bond acceptors (Lipinski definition) is 1. The van der Waals surface area contributed by atoms with Crippen LogP contribution in [-0.2, 0) is 6.54 Å². The molecule has 0 spiro atoms. The highest BCUT2D eigenvalue weighted by atomic mass is 35.5. The van der Waals surface area contributed by atoms with Gasteiger partial charge in [0.05, 0.1) is 12.0 Å². The molecular weight excluding hydrogens is 256 g/mol. The van der Waals surface area contributed by atoms with Crippen LogP contribution in [-0.4, -0.2) is 9.55 Å². The van der Waals surface area contributed by atoms with Gasteiger partial charge in [-0.25, -0.2) is 4.98 Å². The summed E-state index contributed by atoms with van der Waals surface area (Å²) in [4.78, 5) is 4.44. The number of imidazole rings is 1. The standard InChI is InChI=1S/C16H13ClN2/c17-15-8-6-13(7-9-15)10-19-11-16(18-12-19)14-4-2-1-3-5-14/h1-9,11-12H,10H2. The van der Waals surface area contributed by atoms with Crippen molar-refractivity contribution in [1.29, 1.82) is 0 Å². The summed E-state index contributed by atoms with van der Waals surface area (Å²) in [5.74, 6) is 0. The van der Waals surface area contributed by atoms with Crippen LogP contribution in [0.2, 0.25) is 5.02 Å². The molecule has 0 bridgehead atoms. The lowest BCUT2D eigenvalue weighted by Crippen LogP contribution is -1.95. The van der Waals surface area contributed by atoms with Crippen LogP contribution in [0.5, 0.6) is 0 Å². The van der Waals surface area contributed by atoms with E-state index in [-0.39, 0.29) is 0 Å². The van der Waals surface area contributed by atoms with E-state index < -0.39 is 0 Å². The SMILES string of the molecule is Clc1ccc(Cn2cnc(-c3ccccc3)c2)cc1. The van der Waals surface area contributed by atoms with Crippen molar-refractivity contribution < 1.29 is 0 Å². The molecule has 0 aliphatic carbocycles. The molecule has 3 aromatic rings. The molecule has 1 aromatic heterocycles. The Hall–Kier alpha value is -2.06. The summed E-state index contributed by atoms with van der Waals surface area (Å²) < 4.78 is 2.07. The van der Waals surface area contributed by atoms with Crippen LogP contribution in [0.15, 0.2) is 67.1 Å². The van der Waals surface area contributed by atoms with E-state index in [1.165, 1.54) is 5.56 Å². The normalized spacial score (nSPS) is 10.6. The number of nitrogens with zero attached hydrogens (tertiary/aromatic N) is 2. The summed E-state index contributed by atoms with van der Waals surface area (Å²) in [6.07, 6.45) is 3.92. The van der Waals surface area contributed by atoms with Crippen molar-refractivity contribution >= 4 is 11.6 Å². The van der Waals surface area contributed by atoms with Gasteiger partial charge < -0.3 is 4.57 Å². The molecular formula is C16H13ClN2. The first kappa shape index (κ1) is 12.0. The molecule has 0 amide bonds. The minimum Gasteiger partial charge on any atom is -0.332 e. The van der Waals surface area contributed by atoms with E-state index >= 15 is 0 Å². The fraction of sp³-hybridized carbons (Fsp3) is 0.0625. The summed E-state index contributed by atoms with van der Waals surface area (Å²) >= 11 is 5.88. The molecule has 3 heteroatoms. The van der Waals surface area contributed by atoms with Crippen molar-refractivity contribution in [2.75, 3.05) is 0 Å². The van der Waals surface area contributed by atoms with Crippen LogP contribution in [0.25, 0.3) is 11.3 Å². The fourth-order valence-corrected chi connectivity index (χ4v) is 2.13. The van der Waals surface area contributed by atoms with Crippen LogP contribution >= 0.6 is 11.6 Å². The largest absolute Gasteiger partial charge is 0.332 e. The Morgan fingerprint density at radius 1 is 0.947 bits per heavy atom. The van der Waals surface area contributed by atoms with Crippen LogP contribution in [0.4, 0.5) is 0 Å². The van der Waals surface area contributed by atoms with E-state index in [4.69, 9.17) is 11.6 Å². The van der Waals surface area contributed by atoms with Gasteiger partial charge >= 0.3 is 0 Å². The molecule has 0 saturated heterocycles. The molecule has 94 valence electrons. The number of hydrogen-bond donors (Lipinski definition) is 0. The van der Waals surface area contributed by atoms with Crippen LogP contribution in [0.3, 0.4) is 0 Å². The molecule has 2 aromatic carbocycles. The van der Waals surface area contributed by atoms with Crippen molar-refractivity contribution in [3.8, 4) is 11.3 Å². The predicted octanol–water partition coefficient (Wildman–Crippen LogP) is 4.25. The molecule has 0 N–H and O–H groups in total. The van der Waals surface area contributed by atoms with Gasteiger partial charge in [0.1, 0.15) is 0 Å². The Morgan fingerprint density at radius 3 is 2.42 bits per heavy atom. The maximum atomic E-state index is 5.88. The average molecular weight is 269 g/mol. The third kappa shape index (κ3) is 2.85. The summed E-state index contributed by atoms with van der Waals surface area (Å²) in [5, 5.41) is 0.763. The third-order valence-electron chi connectivity index (χ3n) is 2.98. The molecule has 0 fully saturated rings. The van der Waals surface area contributed by atoms with Gasteiger partial charge in [-0.3, -0.25) is 0 Å². The van der Waals surface area contributed by atoms with Crippen molar-refractivity contribution in [2.24, 2.45) is 0 Å². The molecule has 2 nitrogen and oxygen atoms in total. The van der Waals surface area contributed by atoms with E-state index in [0.29, 0.717) is 0 Å². The first-order chi connectivity index (χ1) is 9.31. The highest BCUT2D eigenvalue weighted by Gasteiger charge is 2.02. The molecule has 0 unspecified atom stereocenters. The third-order valence-corrected chi connectivity index (χ3v) is 3.23. The first-order valence-corrected chi connectivity index (χ1v) is 6.51. The summed E-state index contributed by atoms with van der Waals surface area (Å²) in [6.45, 7) is 0.803. The molecule has 1 heterocycles. The predicted molar refractivity (Wildman–Crippen MR) is 78.2 cm³/mol. The van der Waals surface area contributed by atoms with Gasteiger partial charge in [0.2, 0.25) is 0 Å². The minimum atomic E-state index is 0.763. The van der Waals surface area contributed by atoms with Gasteiger partial charge in [0, 0.05) is 23.3 Å². The van der Waals surface area contributed by atoms with E-state index in [9.17, 15) is 0 Å². The van der Waals surface area contributed by atoms with E-state index in [1.807, 2.05) is 48.8 Å². The minimum absolute atomic E-state index is 0.763. The zero-order chi connectivity index (χ0) is 13.1. The molecule has 0 radical (unpaired) electrons. The lowest BCUT2D eigenvalue weighted by molar-refractivity contribution is 0.797. The van der Waals surface area contributed by atoms with Gasteiger partial charge in [-0.2, -0.15) is 0 Å². The van der Waals surface area contributed by atoms with E-state index in [0.717, 1.165) is 22.8 Å². The highest BCUT2D eigenvalue weighted by Crippen LogP contribution is 2.17. The van der Waals surface area contributed by atoms with E-state index in [2.05, 4.69) is 27.9 Å². The zero-order valence-electron chi connectivity index (χ0n) is 10.3. The van der Waals surface area contributed by atoms with Crippen molar-refractivity contribution in [3.05, 3.63) is 77.7 Å². The van der Waals surface area contributed by atoms with E-state index in [1.54, 1.807) is 0 Å². The monoisotopic (exact) mass is 268 g/mol. The molecule has 0 atom stereocenters. The van der Waals surface area contributed by atoms with Crippen LogP contribution in [0, 0.1) is 0 Å². The summed E-state index contributed by atoms with van der Waals surface area (Å²) in [7, 11) is 0. The van der Waals surface area contributed by atoms with Crippen molar-refractivity contribution in [3.63, 3.8) is 0 Å². The van der Waals surface area contributed by atoms with Gasteiger partial charge in [-0.1, -0.05) is 54.1 Å². The molecule has 19 heavy (non-hydrogen) atoms. The van der Waals surface area contributed by atoms with Crippen molar-refractivity contribution in [1.82, 2.24) is 9.55 Å². The number of rotatable bonds is 3. The highest BCUT2D eigenvalue weighted by molar-refractivity contribution is 6.30. The van der Waals surface area contributed by atoms with Gasteiger partial charge in [-0.05, 0) is 17.7 Å². The first-order valence-electron chi connectivity index (χ1n) is 6.13. The summed E-state index contributed by atoms with van der Waals surface area (Å²) in [5.41, 5.74) is 3.34. The lowest BCUT2D eigenvalue weighted by atomic mass is 10.2. The Bertz CT molecular complexity index is 657. The molecule has 3 rings (SSSR count). The smallest absolute Gasteiger partial charge is 0.0956 e. The Morgan fingerprint density at radius 2 is 1.68 bits per heavy atom. The molecule has 0 aliphatic rings. The van der Waals surface area contributed by atoms with Gasteiger partial charge in [-0.15, -0.1) is 0 Å².